The van der Waals surface area contributed by atoms with Crippen LogP contribution in [0.5, 0.6) is 28.7 Å². The van der Waals surface area contributed by atoms with Gasteiger partial charge in [-0.2, -0.15) is 0 Å². The topological polar surface area (TPSA) is 125 Å². The SMILES string of the molecule is COc1cc(C2Oc3cc(OCCO)c4c(c3CC2O)C(CC[NH+]2C=CNC2)Cc2cc(O)ccc2-4)cc(CCc2ccccc2)c1O. The number of ether oxygens (including phenoxy) is 3. The van der Waals surface area contributed by atoms with Crippen LogP contribution in [-0.4, -0.2) is 60.1 Å². The highest BCUT2D eigenvalue weighted by molar-refractivity contribution is 5.83. The van der Waals surface area contributed by atoms with Crippen LogP contribution in [0, 0.1) is 0 Å². The molecule has 0 saturated heterocycles. The van der Waals surface area contributed by atoms with Gasteiger partial charge < -0.3 is 40.0 Å². The van der Waals surface area contributed by atoms with Crippen LogP contribution in [0.25, 0.3) is 11.1 Å². The van der Waals surface area contributed by atoms with E-state index in [2.05, 4.69) is 23.6 Å². The van der Waals surface area contributed by atoms with Gasteiger partial charge in [-0.25, -0.2) is 0 Å². The Hall–Kier alpha value is -4.70. The van der Waals surface area contributed by atoms with Crippen LogP contribution >= 0.6 is 0 Å². The van der Waals surface area contributed by atoms with E-state index in [1.807, 2.05) is 48.7 Å². The molecule has 0 saturated carbocycles. The van der Waals surface area contributed by atoms with Crippen molar-refractivity contribution >= 4 is 0 Å². The van der Waals surface area contributed by atoms with Gasteiger partial charge in [-0.3, -0.25) is 4.90 Å². The fraction of sp³-hybridized carbons (Fsp3) is 0.333. The summed E-state index contributed by atoms with van der Waals surface area (Å²) in [6, 6.07) is 21.1. The molecule has 0 fully saturated rings. The Morgan fingerprint density at radius 1 is 0.979 bits per heavy atom. The monoisotopic (exact) mass is 651 g/mol. The second-order valence-electron chi connectivity index (χ2n) is 12.9. The zero-order valence-corrected chi connectivity index (χ0v) is 27.1. The summed E-state index contributed by atoms with van der Waals surface area (Å²) >= 11 is 0. The first-order valence-electron chi connectivity index (χ1n) is 16.7. The number of aliphatic hydroxyl groups is 2. The summed E-state index contributed by atoms with van der Waals surface area (Å²) in [6.07, 6.45) is 5.85. The Bertz CT molecular complexity index is 1810. The quantitative estimate of drug-likeness (QED) is 0.144. The number of hydrogen-bond donors (Lipinski definition) is 6. The van der Waals surface area contributed by atoms with Crippen molar-refractivity contribution < 1.29 is 39.5 Å². The van der Waals surface area contributed by atoms with E-state index in [0.29, 0.717) is 30.1 Å². The highest BCUT2D eigenvalue weighted by Gasteiger charge is 2.39. The molecular weight excluding hydrogens is 608 g/mol. The normalized spacial score (nSPS) is 20.6. The maximum absolute atomic E-state index is 11.8. The maximum atomic E-state index is 11.8. The van der Waals surface area contributed by atoms with Crippen LogP contribution in [0.2, 0.25) is 0 Å². The zero-order chi connectivity index (χ0) is 33.2. The molecule has 9 nitrogen and oxygen atoms in total. The number of benzene rings is 4. The molecule has 4 aromatic rings. The highest BCUT2D eigenvalue weighted by atomic mass is 16.5. The van der Waals surface area contributed by atoms with E-state index in [4.69, 9.17) is 14.2 Å². The molecule has 250 valence electrons. The van der Waals surface area contributed by atoms with Gasteiger partial charge in [0.1, 0.15) is 36.2 Å². The lowest BCUT2D eigenvalue weighted by atomic mass is 9.73. The smallest absolute Gasteiger partial charge is 0.161 e. The van der Waals surface area contributed by atoms with Gasteiger partial charge >= 0.3 is 0 Å². The van der Waals surface area contributed by atoms with Crippen molar-refractivity contribution in [2.24, 2.45) is 0 Å². The molecule has 1 aliphatic carbocycles. The molecule has 0 aromatic heterocycles. The summed E-state index contributed by atoms with van der Waals surface area (Å²) in [5.74, 6) is 1.98. The number of aliphatic hydroxyl groups excluding tert-OH is 2. The summed E-state index contributed by atoms with van der Waals surface area (Å²) in [5, 5.41) is 46.2. The first kappa shape index (κ1) is 31.9. The van der Waals surface area contributed by atoms with Crippen molar-refractivity contribution in [1.29, 1.82) is 0 Å². The predicted octanol–water partition coefficient (Wildman–Crippen LogP) is 3.91. The number of aromatic hydroxyl groups is 2. The number of quaternary nitrogens is 1. The number of nitrogens with one attached hydrogen (secondary N) is 2. The summed E-state index contributed by atoms with van der Waals surface area (Å²) in [6.45, 7) is 1.71. The van der Waals surface area contributed by atoms with E-state index in [-0.39, 0.29) is 30.6 Å². The van der Waals surface area contributed by atoms with Gasteiger partial charge in [0.2, 0.25) is 0 Å². The average molecular weight is 652 g/mol. The summed E-state index contributed by atoms with van der Waals surface area (Å²) in [5.41, 5.74) is 7.60. The lowest BCUT2D eigenvalue weighted by molar-refractivity contribution is -0.843. The van der Waals surface area contributed by atoms with Gasteiger partial charge in [0.05, 0.1) is 32.6 Å². The molecule has 0 bridgehead atoms. The molecule has 3 aliphatic rings. The molecule has 2 aliphatic heterocycles. The van der Waals surface area contributed by atoms with Crippen LogP contribution in [0.4, 0.5) is 0 Å². The first-order chi connectivity index (χ1) is 23.4. The van der Waals surface area contributed by atoms with Crippen molar-refractivity contribution in [2.45, 2.75) is 50.2 Å². The Morgan fingerprint density at radius 2 is 1.83 bits per heavy atom. The van der Waals surface area contributed by atoms with Crippen LogP contribution in [0.1, 0.15) is 51.8 Å². The third-order valence-electron chi connectivity index (χ3n) is 9.83. The molecule has 4 aromatic carbocycles. The Labute approximate surface area is 280 Å². The first-order valence-corrected chi connectivity index (χ1v) is 16.7. The number of fused-ring (bicyclic) bond motifs is 5. The van der Waals surface area contributed by atoms with E-state index in [1.165, 1.54) is 12.0 Å². The van der Waals surface area contributed by atoms with Gasteiger partial charge in [-0.05, 0) is 82.8 Å². The van der Waals surface area contributed by atoms with Gasteiger partial charge in [-0.1, -0.05) is 36.4 Å². The third kappa shape index (κ3) is 6.29. The maximum Gasteiger partial charge on any atom is 0.161 e. The summed E-state index contributed by atoms with van der Waals surface area (Å²) < 4.78 is 18.5. The average Bonchev–Trinajstić information content (AvgIpc) is 3.63. The Balaban J connectivity index is 1.28. The molecule has 48 heavy (non-hydrogen) atoms. The molecule has 4 atom stereocenters. The molecule has 9 heteroatoms. The minimum Gasteiger partial charge on any atom is -0.508 e. The summed E-state index contributed by atoms with van der Waals surface area (Å²) in [4.78, 5) is 1.33. The fourth-order valence-corrected chi connectivity index (χ4v) is 7.52. The minimum absolute atomic E-state index is 0.0907. The van der Waals surface area contributed by atoms with E-state index in [0.717, 1.165) is 77.0 Å². The molecule has 2 heterocycles. The lowest BCUT2D eigenvalue weighted by Gasteiger charge is -2.38. The second-order valence-corrected chi connectivity index (χ2v) is 12.9. The van der Waals surface area contributed by atoms with Crippen molar-refractivity contribution in [1.82, 2.24) is 5.32 Å². The standard InChI is InChI=1S/C39H42N2O7/c1-46-35-20-28(18-26(38(35)45)8-7-24-5-3-2-4-6-24)39-32(44)21-31-33(48-39)22-34(47-16-15-42)37-30-10-9-29(43)19-27(30)17-25(36(31)37)11-13-41-14-12-40-23-41/h2-6,9-10,12,14,18-20,22,25,32,39-40,42-45H,7-8,11,13,15-17,21,23H2,1H3/p+1. The van der Waals surface area contributed by atoms with Gasteiger partial charge in [0, 0.05) is 30.0 Å². The van der Waals surface area contributed by atoms with Crippen LogP contribution in [0.3, 0.4) is 0 Å². The van der Waals surface area contributed by atoms with Gasteiger partial charge in [0.15, 0.2) is 18.2 Å². The molecule has 7 rings (SSSR count). The largest absolute Gasteiger partial charge is 0.508 e. The molecular formula is C39H43N2O7+. The van der Waals surface area contributed by atoms with Crippen molar-refractivity contribution in [3.8, 4) is 39.9 Å². The number of phenols is 2. The van der Waals surface area contributed by atoms with Crippen LogP contribution in [0.15, 0.2) is 79.1 Å². The minimum atomic E-state index is -0.861. The lowest BCUT2D eigenvalue weighted by Crippen LogP contribution is -3.07. The Kier molecular flexibility index (Phi) is 9.17. The van der Waals surface area contributed by atoms with Crippen molar-refractivity contribution in [2.75, 3.05) is 33.5 Å². The van der Waals surface area contributed by atoms with Crippen LogP contribution < -0.4 is 24.4 Å². The van der Waals surface area contributed by atoms with E-state index in [1.54, 1.807) is 12.1 Å². The van der Waals surface area contributed by atoms with Gasteiger partial charge in [-0.15, -0.1) is 0 Å². The number of hydrogen-bond acceptors (Lipinski definition) is 8. The van der Waals surface area contributed by atoms with Crippen molar-refractivity contribution in [3.63, 3.8) is 0 Å². The number of methoxy groups -OCH3 is 1. The fourth-order valence-electron chi connectivity index (χ4n) is 7.52. The predicted molar refractivity (Wildman–Crippen MR) is 182 cm³/mol. The molecule has 0 amide bonds. The second kappa shape index (κ2) is 13.8. The van der Waals surface area contributed by atoms with E-state index < -0.39 is 12.2 Å². The molecule has 0 radical (unpaired) electrons. The number of aryl methyl sites for hydroxylation is 2. The third-order valence-corrected chi connectivity index (χ3v) is 9.83. The van der Waals surface area contributed by atoms with Gasteiger partial charge in [0.25, 0.3) is 0 Å². The summed E-state index contributed by atoms with van der Waals surface area (Å²) in [7, 11) is 1.53. The van der Waals surface area contributed by atoms with E-state index >= 15 is 0 Å². The van der Waals surface area contributed by atoms with Crippen LogP contribution in [-0.2, 0) is 25.7 Å². The number of rotatable bonds is 11. The Morgan fingerprint density at radius 3 is 2.60 bits per heavy atom. The zero-order valence-electron chi connectivity index (χ0n) is 27.1. The molecule has 4 unspecified atom stereocenters. The molecule has 6 N–H and O–H groups in total. The van der Waals surface area contributed by atoms with Crippen molar-refractivity contribution in [3.05, 3.63) is 113 Å². The molecule has 0 spiro atoms. The number of phenolic OH excluding ortho intramolecular Hbond substituents is 2. The van der Waals surface area contributed by atoms with E-state index in [9.17, 15) is 20.4 Å². The highest BCUT2D eigenvalue weighted by Crippen LogP contribution is 2.53.